The minimum Gasteiger partial charge on any atom is -0.395 e. The number of rotatable bonds is 6. The molecule has 0 aliphatic heterocycles. The van der Waals surface area contributed by atoms with Gasteiger partial charge in [-0.05, 0) is 12.1 Å². The fourth-order valence-electron chi connectivity index (χ4n) is 1.84. The molecule has 0 radical (unpaired) electrons. The molecule has 0 saturated carbocycles. The van der Waals surface area contributed by atoms with E-state index in [2.05, 4.69) is 6.58 Å². The zero-order valence-electron chi connectivity index (χ0n) is 11.9. The Labute approximate surface area is 119 Å². The summed E-state index contributed by atoms with van der Waals surface area (Å²) in [5.74, 6) is -0.384. The summed E-state index contributed by atoms with van der Waals surface area (Å²) >= 11 is 0. The Morgan fingerprint density at radius 2 is 2.00 bits per heavy atom. The highest BCUT2D eigenvalue weighted by molar-refractivity contribution is 6.04. The Morgan fingerprint density at radius 3 is 2.55 bits per heavy atom. The van der Waals surface area contributed by atoms with Gasteiger partial charge in [-0.25, -0.2) is 0 Å². The Hall–Kier alpha value is -2.14. The summed E-state index contributed by atoms with van der Waals surface area (Å²) < 4.78 is 0. The van der Waals surface area contributed by atoms with Gasteiger partial charge in [0.15, 0.2) is 0 Å². The predicted octanol–water partition coefficient (Wildman–Crippen LogP) is 1.29. The average molecular weight is 276 g/mol. The molecular formula is C15H20N2O3. The molecule has 0 aliphatic carbocycles. The van der Waals surface area contributed by atoms with E-state index in [1.165, 1.54) is 16.7 Å². The van der Waals surface area contributed by atoms with Crippen LogP contribution in [0, 0.1) is 0 Å². The number of aliphatic hydroxyl groups is 1. The van der Waals surface area contributed by atoms with E-state index in [9.17, 15) is 9.59 Å². The van der Waals surface area contributed by atoms with Gasteiger partial charge in [-0.2, -0.15) is 0 Å². The topological polar surface area (TPSA) is 60.9 Å². The Morgan fingerprint density at radius 1 is 1.35 bits per heavy atom. The van der Waals surface area contributed by atoms with Crippen molar-refractivity contribution < 1.29 is 14.7 Å². The van der Waals surface area contributed by atoms with Gasteiger partial charge in [0, 0.05) is 27.1 Å². The lowest BCUT2D eigenvalue weighted by Gasteiger charge is -2.24. The minimum atomic E-state index is -0.234. The molecular weight excluding hydrogens is 256 g/mol. The summed E-state index contributed by atoms with van der Waals surface area (Å²) in [6.45, 7) is 5.49. The Bertz CT molecular complexity index is 500. The number of hydrogen-bond donors (Lipinski definition) is 1. The molecule has 5 nitrogen and oxygen atoms in total. The van der Waals surface area contributed by atoms with Gasteiger partial charge >= 0.3 is 0 Å². The Balaban J connectivity index is 3.14. The number of para-hydroxylation sites is 1. The molecule has 108 valence electrons. The molecule has 0 spiro atoms. The number of anilines is 1. The van der Waals surface area contributed by atoms with Crippen molar-refractivity contribution in [1.29, 1.82) is 0 Å². The Kier molecular flexibility index (Phi) is 5.93. The van der Waals surface area contributed by atoms with Crippen molar-refractivity contribution in [1.82, 2.24) is 4.90 Å². The second-order valence-corrected chi connectivity index (χ2v) is 4.36. The molecule has 0 heterocycles. The maximum absolute atomic E-state index is 12.5. The number of benzene rings is 1. The third-order valence-corrected chi connectivity index (χ3v) is 2.97. The number of aliphatic hydroxyl groups excluding tert-OH is 1. The largest absolute Gasteiger partial charge is 0.395 e. The van der Waals surface area contributed by atoms with Crippen LogP contribution in [0.1, 0.15) is 17.3 Å². The zero-order chi connectivity index (χ0) is 15.1. The molecule has 1 N–H and O–H groups in total. The number of amides is 2. The lowest BCUT2D eigenvalue weighted by atomic mass is 10.1. The molecule has 0 aliphatic rings. The van der Waals surface area contributed by atoms with E-state index in [1.807, 2.05) is 0 Å². The summed E-state index contributed by atoms with van der Waals surface area (Å²) in [6, 6.07) is 6.91. The second kappa shape index (κ2) is 7.45. The van der Waals surface area contributed by atoms with Crippen molar-refractivity contribution in [2.75, 3.05) is 31.6 Å². The van der Waals surface area contributed by atoms with E-state index in [0.29, 0.717) is 17.8 Å². The van der Waals surface area contributed by atoms with E-state index < -0.39 is 0 Å². The molecule has 0 unspecified atom stereocenters. The highest BCUT2D eigenvalue weighted by Crippen LogP contribution is 2.21. The molecule has 0 aromatic heterocycles. The van der Waals surface area contributed by atoms with Gasteiger partial charge in [0.2, 0.25) is 5.91 Å². The fraction of sp³-hybridized carbons (Fsp3) is 0.333. The molecule has 2 amide bonds. The zero-order valence-corrected chi connectivity index (χ0v) is 11.9. The first-order valence-corrected chi connectivity index (χ1v) is 6.37. The lowest BCUT2D eigenvalue weighted by molar-refractivity contribution is -0.116. The quantitative estimate of drug-likeness (QED) is 0.796. The number of nitrogens with zero attached hydrogens (tertiary/aromatic N) is 2. The summed E-state index contributed by atoms with van der Waals surface area (Å²) in [5.41, 5.74) is 0.984. The maximum atomic E-state index is 12.5. The molecule has 5 heteroatoms. The summed E-state index contributed by atoms with van der Waals surface area (Å²) in [5, 5.41) is 9.03. The molecule has 0 fully saturated rings. The summed E-state index contributed by atoms with van der Waals surface area (Å²) in [7, 11) is 1.62. The molecule has 1 aromatic rings. The van der Waals surface area contributed by atoms with Gasteiger partial charge in [-0.3, -0.25) is 9.59 Å². The predicted molar refractivity (Wildman–Crippen MR) is 78.7 cm³/mol. The summed E-state index contributed by atoms with van der Waals surface area (Å²) in [6.07, 6.45) is 1.60. The van der Waals surface area contributed by atoms with Crippen LogP contribution in [0.5, 0.6) is 0 Å². The van der Waals surface area contributed by atoms with Crippen molar-refractivity contribution in [2.24, 2.45) is 0 Å². The van der Waals surface area contributed by atoms with Crippen LogP contribution in [-0.2, 0) is 4.79 Å². The van der Waals surface area contributed by atoms with E-state index in [0.717, 1.165) is 0 Å². The van der Waals surface area contributed by atoms with E-state index in [4.69, 9.17) is 5.11 Å². The first kappa shape index (κ1) is 15.9. The highest BCUT2D eigenvalue weighted by Gasteiger charge is 2.20. The van der Waals surface area contributed by atoms with E-state index in [-0.39, 0.29) is 25.0 Å². The van der Waals surface area contributed by atoms with Crippen molar-refractivity contribution in [3.05, 3.63) is 42.5 Å². The average Bonchev–Trinajstić information content (AvgIpc) is 2.45. The molecule has 1 aromatic carbocycles. The van der Waals surface area contributed by atoms with Crippen LogP contribution in [0.3, 0.4) is 0 Å². The van der Waals surface area contributed by atoms with Crippen molar-refractivity contribution in [3.63, 3.8) is 0 Å². The van der Waals surface area contributed by atoms with Crippen LogP contribution in [0.15, 0.2) is 36.9 Å². The van der Waals surface area contributed by atoms with Crippen LogP contribution in [0.4, 0.5) is 5.69 Å². The van der Waals surface area contributed by atoms with Gasteiger partial charge in [-0.15, -0.1) is 6.58 Å². The van der Waals surface area contributed by atoms with Gasteiger partial charge < -0.3 is 14.9 Å². The number of carbonyl (C=O) groups is 2. The smallest absolute Gasteiger partial charge is 0.256 e. The highest BCUT2D eigenvalue weighted by atomic mass is 16.3. The lowest BCUT2D eigenvalue weighted by Crippen LogP contribution is -2.35. The van der Waals surface area contributed by atoms with E-state index in [1.54, 1.807) is 37.4 Å². The molecule has 1 rings (SSSR count). The molecule has 20 heavy (non-hydrogen) atoms. The fourth-order valence-corrected chi connectivity index (χ4v) is 1.84. The maximum Gasteiger partial charge on any atom is 0.256 e. The van der Waals surface area contributed by atoms with Gasteiger partial charge in [0.1, 0.15) is 0 Å². The number of hydrogen-bond acceptors (Lipinski definition) is 3. The van der Waals surface area contributed by atoms with Gasteiger partial charge in [0.05, 0.1) is 17.9 Å². The minimum absolute atomic E-state index is 0.121. The van der Waals surface area contributed by atoms with Gasteiger partial charge in [0.25, 0.3) is 5.91 Å². The third kappa shape index (κ3) is 3.68. The normalized spacial score (nSPS) is 9.95. The standard InChI is InChI=1S/C15H20N2O3/c1-4-9-17(10-11-18)15(20)13-7-5-6-8-14(13)16(3)12(2)19/h4-8,18H,1,9-11H2,2-3H3. The van der Waals surface area contributed by atoms with Crippen LogP contribution in [0.25, 0.3) is 0 Å². The SMILES string of the molecule is C=CCN(CCO)C(=O)c1ccccc1N(C)C(C)=O. The second-order valence-electron chi connectivity index (χ2n) is 4.36. The van der Waals surface area contributed by atoms with Crippen LogP contribution < -0.4 is 4.90 Å². The molecule has 0 atom stereocenters. The first-order chi connectivity index (χ1) is 9.52. The van der Waals surface area contributed by atoms with E-state index >= 15 is 0 Å². The first-order valence-electron chi connectivity index (χ1n) is 6.37. The van der Waals surface area contributed by atoms with Crippen molar-refractivity contribution >= 4 is 17.5 Å². The van der Waals surface area contributed by atoms with Crippen LogP contribution in [0.2, 0.25) is 0 Å². The van der Waals surface area contributed by atoms with Crippen LogP contribution >= 0.6 is 0 Å². The van der Waals surface area contributed by atoms with Crippen LogP contribution in [-0.4, -0.2) is 48.6 Å². The van der Waals surface area contributed by atoms with Crippen molar-refractivity contribution in [3.8, 4) is 0 Å². The number of carbonyl (C=O) groups excluding carboxylic acids is 2. The molecule has 0 bridgehead atoms. The summed E-state index contributed by atoms with van der Waals surface area (Å²) in [4.78, 5) is 26.9. The monoisotopic (exact) mass is 276 g/mol. The van der Waals surface area contributed by atoms with Gasteiger partial charge in [-0.1, -0.05) is 18.2 Å². The molecule has 0 saturated heterocycles. The van der Waals surface area contributed by atoms with Crippen molar-refractivity contribution in [2.45, 2.75) is 6.92 Å². The third-order valence-electron chi connectivity index (χ3n) is 2.97.